The van der Waals surface area contributed by atoms with Gasteiger partial charge in [-0.15, -0.1) is 0 Å². The summed E-state index contributed by atoms with van der Waals surface area (Å²) in [6.07, 6.45) is -17.4. The second-order valence-electron chi connectivity index (χ2n) is 21.3. The smallest absolute Gasteiger partial charge is 0.187 e. The molecule has 0 bridgehead atoms. The summed E-state index contributed by atoms with van der Waals surface area (Å²) in [6, 6.07) is 0. The van der Waals surface area contributed by atoms with Crippen LogP contribution in [0.3, 0.4) is 0 Å². The number of fused-ring (bicyclic) bond motifs is 7. The molecule has 20 nitrogen and oxygen atoms in total. The van der Waals surface area contributed by atoms with Gasteiger partial charge in [-0.3, -0.25) is 4.79 Å². The SMILES string of the molecule is C[C@H](CC[C@]1(O)O[C@H]2C[C@H]3[C@@H]4CC[C@@H]5C[C@@H](O[C@@H]6O[C@H](CO)[C@H](O)[C@H](O)[C@H]6O[C@@H]6O[C@H](CO)[C@@H](O)[C@H](O)[C@H]6O)CC[C@]5(C)[C@H]4CC(=O)[C@]3(C)[C@H]2[C@@H]1C)CO[C@@H]1O[C@H](CO)[C@@H](O)[C@H](O)[C@H]1O. The van der Waals surface area contributed by atoms with Crippen LogP contribution < -0.4 is 0 Å². The van der Waals surface area contributed by atoms with Crippen LogP contribution in [0.4, 0.5) is 0 Å². The van der Waals surface area contributed by atoms with Gasteiger partial charge in [0.15, 0.2) is 24.7 Å². The first kappa shape index (κ1) is 50.3. The normalized spacial score (nSPS) is 55.0. The Balaban J connectivity index is 0.887. The Morgan fingerprint density at radius 2 is 1.29 bits per heavy atom. The van der Waals surface area contributed by atoms with Crippen molar-refractivity contribution < 1.29 is 99.2 Å². The molecule has 0 aromatic carbocycles. The molecule has 374 valence electrons. The largest absolute Gasteiger partial charge is 0.394 e. The highest BCUT2D eigenvalue weighted by atomic mass is 16.8. The predicted molar refractivity (Wildman–Crippen MR) is 219 cm³/mol. The molecule has 0 aromatic heterocycles. The van der Waals surface area contributed by atoms with Gasteiger partial charge in [0.2, 0.25) is 0 Å². The summed E-state index contributed by atoms with van der Waals surface area (Å²) in [6.45, 7) is 6.47. The van der Waals surface area contributed by atoms with Crippen molar-refractivity contribution >= 4 is 5.78 Å². The Hall–Kier alpha value is -1.09. The van der Waals surface area contributed by atoms with Gasteiger partial charge in [-0.25, -0.2) is 0 Å². The third-order valence-corrected chi connectivity index (χ3v) is 17.9. The number of hydrogen-bond donors (Lipinski definition) is 12. The maximum Gasteiger partial charge on any atom is 0.187 e. The summed E-state index contributed by atoms with van der Waals surface area (Å²) in [7, 11) is 0. The topological polar surface area (TPSA) is 324 Å². The summed E-state index contributed by atoms with van der Waals surface area (Å²) in [5.74, 6) is -1.26. The molecule has 0 radical (unpaired) electrons. The summed E-state index contributed by atoms with van der Waals surface area (Å²) in [4.78, 5) is 14.7. The zero-order valence-electron chi connectivity index (χ0n) is 37.7. The van der Waals surface area contributed by atoms with Crippen molar-refractivity contribution in [2.45, 2.75) is 196 Å². The van der Waals surface area contributed by atoms with Crippen LogP contribution >= 0.6 is 0 Å². The number of aliphatic hydroxyl groups excluding tert-OH is 11. The number of carbonyl (C=O) groups is 1. The minimum absolute atomic E-state index is 0.0765. The quantitative estimate of drug-likeness (QED) is 0.0843. The molecule has 65 heavy (non-hydrogen) atoms. The number of Topliss-reactive ketones (excluding diaryl/α,β-unsaturated/α-hetero) is 1. The number of aliphatic hydroxyl groups is 12. The van der Waals surface area contributed by atoms with Crippen molar-refractivity contribution in [3.05, 3.63) is 0 Å². The van der Waals surface area contributed by atoms with Crippen LogP contribution in [0.25, 0.3) is 0 Å². The van der Waals surface area contributed by atoms with E-state index in [2.05, 4.69) is 13.8 Å². The molecule has 4 aliphatic carbocycles. The molecular formula is C45H74O20. The third kappa shape index (κ3) is 8.69. The second kappa shape index (κ2) is 19.3. The van der Waals surface area contributed by atoms with E-state index in [9.17, 15) is 66.1 Å². The summed E-state index contributed by atoms with van der Waals surface area (Å²) in [5, 5.41) is 125. The molecule has 4 saturated carbocycles. The minimum atomic E-state index is -1.78. The molecule has 8 rings (SSSR count). The fraction of sp³-hybridized carbons (Fsp3) is 0.978. The first-order valence-electron chi connectivity index (χ1n) is 23.8. The number of rotatable bonds is 13. The molecule has 4 heterocycles. The van der Waals surface area contributed by atoms with Gasteiger partial charge in [-0.05, 0) is 80.0 Å². The Kier molecular flexibility index (Phi) is 14.9. The van der Waals surface area contributed by atoms with Gasteiger partial charge in [0.1, 0.15) is 79.0 Å². The van der Waals surface area contributed by atoms with Crippen LogP contribution in [0.5, 0.6) is 0 Å². The summed E-state index contributed by atoms with van der Waals surface area (Å²) >= 11 is 0. The predicted octanol–water partition coefficient (Wildman–Crippen LogP) is -2.60. The highest BCUT2D eigenvalue weighted by Crippen LogP contribution is 2.70. The molecule has 27 atom stereocenters. The van der Waals surface area contributed by atoms with Crippen molar-refractivity contribution in [2.75, 3.05) is 26.4 Å². The first-order chi connectivity index (χ1) is 30.7. The maximum absolute atomic E-state index is 14.7. The summed E-state index contributed by atoms with van der Waals surface area (Å²) < 4.78 is 41.7. The fourth-order valence-electron chi connectivity index (χ4n) is 13.8. The van der Waals surface area contributed by atoms with E-state index in [1.54, 1.807) is 0 Å². The van der Waals surface area contributed by atoms with Crippen LogP contribution in [-0.4, -0.2) is 204 Å². The van der Waals surface area contributed by atoms with Gasteiger partial charge in [-0.1, -0.05) is 27.7 Å². The second-order valence-corrected chi connectivity index (χ2v) is 21.3. The standard InChI is InChI=1S/C45H74O20/c1-18(17-59-40-37(56)34(53)31(50)26(14-46)61-40)7-10-45(58)19(2)30-25(65-45)12-24-22-6-5-20-11-21(8-9-43(20,3)23(22)13-29(49)44(24,30)4)60-42-39(36(55)33(52)28(16-48)63-42)64-41-38(57)35(54)32(51)27(15-47)62-41/h18-28,30-42,46-48,50-58H,5-17H2,1-4H3/t18-,19+,20-,21+,22-,23+,24+,25+,26-,27-,28-,30+,31-,32-,33+,34+,35+,36+,37-,38-,39-,40-,41+,42-,43+,44-,45+/m1/s1. The summed E-state index contributed by atoms with van der Waals surface area (Å²) in [5.41, 5.74) is -0.874. The van der Waals surface area contributed by atoms with Gasteiger partial charge in [0.05, 0.1) is 38.6 Å². The number of carbonyl (C=O) groups excluding carboxylic acids is 1. The Morgan fingerprint density at radius 3 is 1.92 bits per heavy atom. The van der Waals surface area contributed by atoms with E-state index < -0.39 is 129 Å². The van der Waals surface area contributed by atoms with Gasteiger partial charge in [0, 0.05) is 30.1 Å². The molecule has 8 fully saturated rings. The lowest BCUT2D eigenvalue weighted by molar-refractivity contribution is -0.373. The van der Waals surface area contributed by atoms with Crippen LogP contribution in [-0.2, 0) is 38.0 Å². The van der Waals surface area contributed by atoms with Crippen LogP contribution in [0.15, 0.2) is 0 Å². The third-order valence-electron chi connectivity index (χ3n) is 17.9. The maximum atomic E-state index is 14.7. The van der Waals surface area contributed by atoms with Crippen molar-refractivity contribution in [3.63, 3.8) is 0 Å². The molecule has 0 aromatic rings. The minimum Gasteiger partial charge on any atom is -0.394 e. The van der Waals surface area contributed by atoms with Crippen LogP contribution in [0.1, 0.15) is 85.5 Å². The van der Waals surface area contributed by atoms with Gasteiger partial charge in [0.25, 0.3) is 0 Å². The monoisotopic (exact) mass is 934 g/mol. The zero-order valence-corrected chi connectivity index (χ0v) is 37.7. The van der Waals surface area contributed by atoms with Gasteiger partial charge in [-0.2, -0.15) is 0 Å². The van der Waals surface area contributed by atoms with Crippen LogP contribution in [0.2, 0.25) is 0 Å². The molecule has 0 spiro atoms. The average molecular weight is 935 g/mol. The Bertz CT molecular complexity index is 1640. The lowest BCUT2D eigenvalue weighted by Crippen LogP contribution is -2.65. The lowest BCUT2D eigenvalue weighted by Gasteiger charge is -2.60. The Morgan fingerprint density at radius 1 is 0.708 bits per heavy atom. The number of hydrogen-bond acceptors (Lipinski definition) is 20. The van der Waals surface area contributed by atoms with E-state index in [1.165, 1.54) is 0 Å². The van der Waals surface area contributed by atoms with E-state index >= 15 is 0 Å². The zero-order chi connectivity index (χ0) is 47.1. The molecule has 8 aliphatic rings. The van der Waals surface area contributed by atoms with E-state index in [0.29, 0.717) is 32.1 Å². The molecule has 12 N–H and O–H groups in total. The van der Waals surface area contributed by atoms with E-state index in [1.807, 2.05) is 13.8 Å². The molecule has 0 unspecified atom stereocenters. The molecule has 0 amide bonds. The van der Waals surface area contributed by atoms with Crippen molar-refractivity contribution in [2.24, 2.45) is 52.3 Å². The Labute approximate surface area is 378 Å². The van der Waals surface area contributed by atoms with E-state index in [-0.39, 0.29) is 71.8 Å². The molecule has 4 aliphatic heterocycles. The van der Waals surface area contributed by atoms with E-state index in [4.69, 9.17) is 33.2 Å². The average Bonchev–Trinajstić information content (AvgIpc) is 3.73. The fourth-order valence-corrected chi connectivity index (χ4v) is 13.8. The number of ether oxygens (including phenoxy) is 7. The van der Waals surface area contributed by atoms with Crippen molar-refractivity contribution in [1.29, 1.82) is 0 Å². The highest BCUT2D eigenvalue weighted by molar-refractivity contribution is 5.87. The molecule has 4 saturated heterocycles. The van der Waals surface area contributed by atoms with Crippen molar-refractivity contribution in [1.82, 2.24) is 0 Å². The van der Waals surface area contributed by atoms with E-state index in [0.717, 1.165) is 19.3 Å². The lowest BCUT2D eigenvalue weighted by atomic mass is 9.44. The number of ketones is 1. The first-order valence-corrected chi connectivity index (χ1v) is 23.8. The van der Waals surface area contributed by atoms with Crippen molar-refractivity contribution in [3.8, 4) is 0 Å². The van der Waals surface area contributed by atoms with Gasteiger partial charge >= 0.3 is 0 Å². The van der Waals surface area contributed by atoms with Gasteiger partial charge < -0.3 is 94.4 Å². The molecule has 20 heteroatoms. The molecular weight excluding hydrogens is 860 g/mol. The van der Waals surface area contributed by atoms with Crippen LogP contribution in [0, 0.1) is 52.3 Å². The highest BCUT2D eigenvalue weighted by Gasteiger charge is 2.71.